The smallest absolute Gasteiger partial charge is 0.315 e. The van der Waals surface area contributed by atoms with Gasteiger partial charge >= 0.3 is 6.03 Å². The van der Waals surface area contributed by atoms with E-state index in [1.54, 1.807) is 19.2 Å². The maximum atomic E-state index is 12.9. The topological polar surface area (TPSA) is 50.4 Å². The lowest BCUT2D eigenvalue weighted by Crippen LogP contribution is -2.45. The van der Waals surface area contributed by atoms with Crippen molar-refractivity contribution in [2.45, 2.75) is 25.5 Å². The zero-order valence-corrected chi connectivity index (χ0v) is 14.0. The summed E-state index contributed by atoms with van der Waals surface area (Å²) in [6.45, 7) is 2.72. The minimum atomic E-state index is -0.561. The van der Waals surface area contributed by atoms with Crippen LogP contribution in [-0.2, 0) is 16.9 Å². The lowest BCUT2D eigenvalue weighted by Gasteiger charge is -2.32. The molecule has 24 heavy (non-hydrogen) atoms. The van der Waals surface area contributed by atoms with Crippen molar-refractivity contribution in [3.05, 3.63) is 71.5 Å². The van der Waals surface area contributed by atoms with Gasteiger partial charge in [-0.3, -0.25) is 0 Å². The Morgan fingerprint density at radius 2 is 1.75 bits per heavy atom. The molecule has 0 unspecified atom stereocenters. The lowest BCUT2D eigenvalue weighted by molar-refractivity contribution is -0.0152. The number of benzene rings is 2. The van der Waals surface area contributed by atoms with Gasteiger partial charge in [0.15, 0.2) is 0 Å². The molecule has 4 nitrogen and oxygen atoms in total. The molecule has 2 amide bonds. The fraction of sp³-hybridized carbons (Fsp3) is 0.316. The first-order valence-electron chi connectivity index (χ1n) is 7.96. The first-order valence-corrected chi connectivity index (χ1v) is 7.96. The quantitative estimate of drug-likeness (QED) is 0.815. The number of nitrogens with one attached hydrogen (secondary N) is 2. The molecule has 1 atom stereocenters. The van der Waals surface area contributed by atoms with Crippen molar-refractivity contribution in [3.63, 3.8) is 0 Å². The minimum absolute atomic E-state index is 0.287. The molecular formula is C19H23FN2O2. The summed E-state index contributed by atoms with van der Waals surface area (Å²) in [4.78, 5) is 12.0. The second kappa shape index (κ2) is 8.45. The van der Waals surface area contributed by atoms with Gasteiger partial charge in [0.25, 0.3) is 0 Å². The Labute approximate surface area is 142 Å². The summed E-state index contributed by atoms with van der Waals surface area (Å²) in [5.74, 6) is -0.293. The largest absolute Gasteiger partial charge is 0.372 e. The van der Waals surface area contributed by atoms with E-state index < -0.39 is 5.60 Å². The molecule has 0 aliphatic carbocycles. The number of hydrogen-bond acceptors (Lipinski definition) is 2. The van der Waals surface area contributed by atoms with Gasteiger partial charge in [0, 0.05) is 13.7 Å². The van der Waals surface area contributed by atoms with Crippen LogP contribution in [-0.4, -0.2) is 19.7 Å². The summed E-state index contributed by atoms with van der Waals surface area (Å²) in [6.07, 6.45) is 0.728. The first-order chi connectivity index (χ1) is 11.6. The van der Waals surface area contributed by atoms with Crippen molar-refractivity contribution >= 4 is 6.03 Å². The van der Waals surface area contributed by atoms with Crippen molar-refractivity contribution in [3.8, 4) is 0 Å². The maximum absolute atomic E-state index is 12.9. The van der Waals surface area contributed by atoms with Crippen molar-refractivity contribution in [1.82, 2.24) is 10.6 Å². The van der Waals surface area contributed by atoms with Crippen LogP contribution in [0.15, 0.2) is 54.6 Å². The number of rotatable bonds is 7. The lowest BCUT2D eigenvalue weighted by atomic mass is 9.91. The normalized spacial score (nSPS) is 13.1. The molecule has 0 heterocycles. The van der Waals surface area contributed by atoms with Crippen LogP contribution in [0.1, 0.15) is 24.5 Å². The molecule has 0 aromatic heterocycles. The number of halogens is 1. The highest BCUT2D eigenvalue weighted by molar-refractivity contribution is 5.73. The SMILES string of the molecule is CC[C@](CNC(=O)NCc1ccc(F)cc1)(OC)c1ccccc1. The fourth-order valence-corrected chi connectivity index (χ4v) is 2.58. The number of amides is 2. The van der Waals surface area contributed by atoms with Crippen LogP contribution in [0.3, 0.4) is 0 Å². The van der Waals surface area contributed by atoms with Gasteiger partial charge in [-0.25, -0.2) is 9.18 Å². The number of hydrogen-bond donors (Lipinski definition) is 2. The highest BCUT2D eigenvalue weighted by Crippen LogP contribution is 2.27. The number of ether oxygens (including phenoxy) is 1. The van der Waals surface area contributed by atoms with Gasteiger partial charge in [-0.15, -0.1) is 0 Å². The van der Waals surface area contributed by atoms with E-state index in [2.05, 4.69) is 10.6 Å². The minimum Gasteiger partial charge on any atom is -0.372 e. The molecule has 0 bridgehead atoms. The van der Waals surface area contributed by atoms with Crippen molar-refractivity contribution < 1.29 is 13.9 Å². The molecule has 5 heteroatoms. The molecule has 128 valence electrons. The van der Waals surface area contributed by atoms with Crippen LogP contribution in [0.4, 0.5) is 9.18 Å². The zero-order valence-electron chi connectivity index (χ0n) is 14.0. The molecule has 0 aliphatic rings. The van der Waals surface area contributed by atoms with E-state index in [0.717, 1.165) is 17.5 Å². The van der Waals surface area contributed by atoms with Crippen LogP contribution in [0.25, 0.3) is 0 Å². The standard InChI is InChI=1S/C19H23FN2O2/c1-3-19(24-2,16-7-5-4-6-8-16)14-22-18(23)21-13-15-9-11-17(20)12-10-15/h4-12H,3,13-14H2,1-2H3,(H2,21,22,23)/t19-/m1/s1. The molecule has 0 fully saturated rings. The molecule has 2 aromatic rings. The van der Waals surface area contributed by atoms with Crippen LogP contribution < -0.4 is 10.6 Å². The number of urea groups is 1. The van der Waals surface area contributed by atoms with E-state index in [4.69, 9.17) is 4.74 Å². The Balaban J connectivity index is 1.92. The second-order valence-electron chi connectivity index (χ2n) is 5.58. The predicted molar refractivity (Wildman–Crippen MR) is 92.1 cm³/mol. The predicted octanol–water partition coefficient (Wildman–Crippen LogP) is 3.58. The van der Waals surface area contributed by atoms with E-state index in [0.29, 0.717) is 13.1 Å². The molecule has 0 saturated heterocycles. The fourth-order valence-electron chi connectivity index (χ4n) is 2.58. The number of carbonyl (C=O) groups is 1. The highest BCUT2D eigenvalue weighted by atomic mass is 19.1. The Hall–Kier alpha value is -2.40. The summed E-state index contributed by atoms with van der Waals surface area (Å²) in [7, 11) is 1.65. The number of methoxy groups -OCH3 is 1. The van der Waals surface area contributed by atoms with Crippen LogP contribution in [0, 0.1) is 5.82 Å². The van der Waals surface area contributed by atoms with Gasteiger partial charge in [0.05, 0.1) is 6.54 Å². The summed E-state index contributed by atoms with van der Waals surface area (Å²) in [5, 5.41) is 5.62. The molecule has 2 rings (SSSR count). The van der Waals surface area contributed by atoms with Crippen LogP contribution in [0.2, 0.25) is 0 Å². The third kappa shape index (κ3) is 4.55. The third-order valence-corrected chi connectivity index (χ3v) is 4.16. The monoisotopic (exact) mass is 330 g/mol. The van der Waals surface area contributed by atoms with E-state index in [9.17, 15) is 9.18 Å². The number of carbonyl (C=O) groups excluding carboxylic acids is 1. The zero-order chi connectivity index (χ0) is 17.4. The molecule has 0 aliphatic heterocycles. The average Bonchev–Trinajstić information content (AvgIpc) is 2.63. The van der Waals surface area contributed by atoms with Gasteiger partial charge < -0.3 is 15.4 Å². The Kier molecular flexibility index (Phi) is 6.32. The molecule has 0 spiro atoms. The maximum Gasteiger partial charge on any atom is 0.315 e. The molecule has 2 aromatic carbocycles. The third-order valence-electron chi connectivity index (χ3n) is 4.16. The van der Waals surface area contributed by atoms with Gasteiger partial charge in [-0.1, -0.05) is 49.4 Å². The molecular weight excluding hydrogens is 307 g/mol. The van der Waals surface area contributed by atoms with Gasteiger partial charge in [-0.05, 0) is 29.7 Å². The first kappa shape index (κ1) is 17.9. The van der Waals surface area contributed by atoms with E-state index in [1.165, 1.54) is 12.1 Å². The van der Waals surface area contributed by atoms with E-state index in [-0.39, 0.29) is 11.8 Å². The second-order valence-corrected chi connectivity index (χ2v) is 5.58. The van der Waals surface area contributed by atoms with Crippen molar-refractivity contribution in [2.24, 2.45) is 0 Å². The van der Waals surface area contributed by atoms with Gasteiger partial charge in [0.1, 0.15) is 11.4 Å². The van der Waals surface area contributed by atoms with Gasteiger partial charge in [-0.2, -0.15) is 0 Å². The van der Waals surface area contributed by atoms with E-state index in [1.807, 2.05) is 37.3 Å². The van der Waals surface area contributed by atoms with Crippen LogP contribution in [0.5, 0.6) is 0 Å². The molecule has 0 radical (unpaired) electrons. The summed E-state index contributed by atoms with van der Waals surface area (Å²) in [6, 6.07) is 15.6. The Morgan fingerprint density at radius 3 is 2.33 bits per heavy atom. The van der Waals surface area contributed by atoms with Crippen molar-refractivity contribution in [1.29, 1.82) is 0 Å². The molecule has 0 saturated carbocycles. The summed E-state index contributed by atoms with van der Waals surface area (Å²) < 4.78 is 18.6. The summed E-state index contributed by atoms with van der Waals surface area (Å²) in [5.41, 5.74) is 1.30. The van der Waals surface area contributed by atoms with E-state index >= 15 is 0 Å². The highest BCUT2D eigenvalue weighted by Gasteiger charge is 2.30. The Morgan fingerprint density at radius 1 is 1.08 bits per heavy atom. The summed E-state index contributed by atoms with van der Waals surface area (Å²) >= 11 is 0. The Bertz CT molecular complexity index is 640. The van der Waals surface area contributed by atoms with Crippen molar-refractivity contribution in [2.75, 3.05) is 13.7 Å². The van der Waals surface area contributed by atoms with Crippen LogP contribution >= 0.6 is 0 Å². The van der Waals surface area contributed by atoms with Gasteiger partial charge in [0.2, 0.25) is 0 Å². The average molecular weight is 330 g/mol. The molecule has 2 N–H and O–H groups in total.